The average molecular weight is 270 g/mol. The number of aliphatic hydroxyl groups is 1. The van der Waals surface area contributed by atoms with Crippen LogP contribution in [0.25, 0.3) is 0 Å². The molecule has 0 aromatic heterocycles. The first-order valence-corrected chi connectivity index (χ1v) is 6.86. The summed E-state index contributed by atoms with van der Waals surface area (Å²) in [7, 11) is 2.11. The van der Waals surface area contributed by atoms with Gasteiger partial charge in [0.15, 0.2) is 0 Å². The third-order valence-corrected chi connectivity index (χ3v) is 3.34. The first-order chi connectivity index (χ1) is 9.71. The predicted octanol–water partition coefficient (Wildman–Crippen LogP) is 2.27. The van der Waals surface area contributed by atoms with E-state index in [2.05, 4.69) is 48.3 Å². The van der Waals surface area contributed by atoms with E-state index in [9.17, 15) is 0 Å². The van der Waals surface area contributed by atoms with Crippen molar-refractivity contribution in [2.24, 2.45) is 5.73 Å². The number of hydrogen-bond donors (Lipinski definition) is 2. The molecule has 20 heavy (non-hydrogen) atoms. The molecule has 0 radical (unpaired) electrons. The standard InChI is InChI=1S/C17H22N2O/c1-19(11-14-5-7-15(13-20)8-6-14)12-17-4-2-3-16(9-17)10-18/h2-9,20H,10-13,18H2,1H3. The molecule has 3 N–H and O–H groups in total. The van der Waals surface area contributed by atoms with Gasteiger partial charge in [-0.1, -0.05) is 48.5 Å². The van der Waals surface area contributed by atoms with Crippen LogP contribution in [0.15, 0.2) is 48.5 Å². The smallest absolute Gasteiger partial charge is 0.0681 e. The van der Waals surface area contributed by atoms with E-state index in [0.717, 1.165) is 18.7 Å². The Morgan fingerprint density at radius 3 is 2.15 bits per heavy atom. The molecule has 0 heterocycles. The third-order valence-electron chi connectivity index (χ3n) is 3.34. The molecule has 0 spiro atoms. The second-order valence-corrected chi connectivity index (χ2v) is 5.17. The first kappa shape index (κ1) is 14.7. The molecule has 106 valence electrons. The van der Waals surface area contributed by atoms with Gasteiger partial charge in [0.05, 0.1) is 6.61 Å². The Morgan fingerprint density at radius 1 is 0.900 bits per heavy atom. The molecular weight excluding hydrogens is 248 g/mol. The summed E-state index contributed by atoms with van der Waals surface area (Å²) < 4.78 is 0. The highest BCUT2D eigenvalue weighted by molar-refractivity contribution is 5.24. The van der Waals surface area contributed by atoms with Crippen molar-refractivity contribution in [1.29, 1.82) is 0 Å². The second kappa shape index (κ2) is 7.20. The maximum atomic E-state index is 9.03. The molecule has 0 saturated carbocycles. The van der Waals surface area contributed by atoms with E-state index in [-0.39, 0.29) is 6.61 Å². The van der Waals surface area contributed by atoms with Crippen LogP contribution in [0.4, 0.5) is 0 Å². The van der Waals surface area contributed by atoms with Gasteiger partial charge in [-0.05, 0) is 29.3 Å². The van der Waals surface area contributed by atoms with Crippen LogP contribution in [-0.2, 0) is 26.2 Å². The minimum atomic E-state index is 0.0992. The molecule has 0 atom stereocenters. The summed E-state index contributed by atoms with van der Waals surface area (Å²) in [5.41, 5.74) is 10.3. The predicted molar refractivity (Wildman–Crippen MR) is 81.9 cm³/mol. The van der Waals surface area contributed by atoms with Crippen molar-refractivity contribution in [3.05, 3.63) is 70.8 Å². The molecule has 2 rings (SSSR count). The highest BCUT2D eigenvalue weighted by Gasteiger charge is 2.03. The zero-order valence-electron chi connectivity index (χ0n) is 11.9. The summed E-state index contributed by atoms with van der Waals surface area (Å²) in [6.45, 7) is 2.47. The number of nitrogens with zero attached hydrogens (tertiary/aromatic N) is 1. The zero-order valence-corrected chi connectivity index (χ0v) is 11.9. The molecule has 2 aromatic rings. The van der Waals surface area contributed by atoms with E-state index in [0.29, 0.717) is 6.54 Å². The van der Waals surface area contributed by atoms with Crippen molar-refractivity contribution < 1.29 is 5.11 Å². The van der Waals surface area contributed by atoms with Crippen LogP contribution in [0.3, 0.4) is 0 Å². The molecule has 0 aliphatic carbocycles. The maximum absolute atomic E-state index is 9.03. The van der Waals surface area contributed by atoms with Gasteiger partial charge in [-0.2, -0.15) is 0 Å². The highest BCUT2D eigenvalue weighted by Crippen LogP contribution is 2.11. The molecule has 0 amide bonds. The van der Waals surface area contributed by atoms with Gasteiger partial charge < -0.3 is 10.8 Å². The zero-order chi connectivity index (χ0) is 14.4. The van der Waals surface area contributed by atoms with Gasteiger partial charge in [0.25, 0.3) is 0 Å². The summed E-state index contributed by atoms with van der Waals surface area (Å²) in [4.78, 5) is 2.27. The van der Waals surface area contributed by atoms with Crippen molar-refractivity contribution in [1.82, 2.24) is 4.90 Å². The highest BCUT2D eigenvalue weighted by atomic mass is 16.3. The van der Waals surface area contributed by atoms with E-state index in [1.165, 1.54) is 16.7 Å². The third kappa shape index (κ3) is 4.17. The van der Waals surface area contributed by atoms with E-state index in [1.54, 1.807) is 0 Å². The number of hydrogen-bond acceptors (Lipinski definition) is 3. The largest absolute Gasteiger partial charge is 0.392 e. The molecule has 0 unspecified atom stereocenters. The summed E-state index contributed by atoms with van der Waals surface area (Å²) in [5.74, 6) is 0. The van der Waals surface area contributed by atoms with Gasteiger partial charge in [0.1, 0.15) is 0 Å². The monoisotopic (exact) mass is 270 g/mol. The summed E-state index contributed by atoms with van der Waals surface area (Å²) in [6, 6.07) is 16.5. The topological polar surface area (TPSA) is 49.5 Å². The molecule has 0 saturated heterocycles. The van der Waals surface area contributed by atoms with Crippen molar-refractivity contribution >= 4 is 0 Å². The summed E-state index contributed by atoms with van der Waals surface area (Å²) >= 11 is 0. The Balaban J connectivity index is 1.95. The normalized spacial score (nSPS) is 11.0. The first-order valence-electron chi connectivity index (χ1n) is 6.86. The van der Waals surface area contributed by atoms with Gasteiger partial charge >= 0.3 is 0 Å². The van der Waals surface area contributed by atoms with Crippen LogP contribution in [0, 0.1) is 0 Å². The number of aliphatic hydroxyl groups excluding tert-OH is 1. The fourth-order valence-electron chi connectivity index (χ4n) is 2.28. The van der Waals surface area contributed by atoms with Crippen molar-refractivity contribution in [2.45, 2.75) is 26.2 Å². The molecule has 0 bridgehead atoms. The van der Waals surface area contributed by atoms with Gasteiger partial charge in [0, 0.05) is 19.6 Å². The van der Waals surface area contributed by atoms with E-state index >= 15 is 0 Å². The van der Waals surface area contributed by atoms with Crippen molar-refractivity contribution in [3.8, 4) is 0 Å². The Hall–Kier alpha value is -1.68. The Bertz CT molecular complexity index is 537. The van der Waals surface area contributed by atoms with Crippen LogP contribution < -0.4 is 5.73 Å². The van der Waals surface area contributed by atoms with Crippen molar-refractivity contribution in [3.63, 3.8) is 0 Å². The fraction of sp³-hybridized carbons (Fsp3) is 0.294. The molecule has 3 nitrogen and oxygen atoms in total. The van der Waals surface area contributed by atoms with Gasteiger partial charge in [-0.15, -0.1) is 0 Å². The number of benzene rings is 2. The molecule has 2 aromatic carbocycles. The molecule has 0 fully saturated rings. The van der Waals surface area contributed by atoms with Crippen molar-refractivity contribution in [2.75, 3.05) is 7.05 Å². The lowest BCUT2D eigenvalue weighted by Crippen LogP contribution is -2.17. The Labute approximate surface area is 120 Å². The Morgan fingerprint density at radius 2 is 1.50 bits per heavy atom. The van der Waals surface area contributed by atoms with Crippen LogP contribution in [0.5, 0.6) is 0 Å². The molecule has 0 aliphatic heterocycles. The fourth-order valence-corrected chi connectivity index (χ4v) is 2.28. The quantitative estimate of drug-likeness (QED) is 0.846. The summed E-state index contributed by atoms with van der Waals surface area (Å²) in [6.07, 6.45) is 0. The van der Waals surface area contributed by atoms with Crippen LogP contribution >= 0.6 is 0 Å². The molecule has 0 aliphatic rings. The van der Waals surface area contributed by atoms with E-state index in [1.807, 2.05) is 12.1 Å². The lowest BCUT2D eigenvalue weighted by Gasteiger charge is -2.17. The second-order valence-electron chi connectivity index (χ2n) is 5.17. The number of rotatable bonds is 6. The Kier molecular flexibility index (Phi) is 5.30. The lowest BCUT2D eigenvalue weighted by atomic mass is 10.1. The minimum absolute atomic E-state index is 0.0992. The van der Waals surface area contributed by atoms with E-state index < -0.39 is 0 Å². The van der Waals surface area contributed by atoms with Gasteiger partial charge in [0.2, 0.25) is 0 Å². The minimum Gasteiger partial charge on any atom is -0.392 e. The van der Waals surface area contributed by atoms with Gasteiger partial charge in [-0.3, -0.25) is 4.90 Å². The average Bonchev–Trinajstić information content (AvgIpc) is 2.48. The van der Waals surface area contributed by atoms with E-state index in [4.69, 9.17) is 10.8 Å². The van der Waals surface area contributed by atoms with Crippen LogP contribution in [0.2, 0.25) is 0 Å². The summed E-state index contributed by atoms with van der Waals surface area (Å²) in [5, 5.41) is 9.03. The van der Waals surface area contributed by atoms with Crippen LogP contribution in [0.1, 0.15) is 22.3 Å². The number of nitrogens with two attached hydrogens (primary N) is 1. The molecular formula is C17H22N2O. The van der Waals surface area contributed by atoms with Gasteiger partial charge in [-0.25, -0.2) is 0 Å². The lowest BCUT2D eigenvalue weighted by molar-refractivity contribution is 0.281. The SMILES string of the molecule is CN(Cc1ccc(CO)cc1)Cc1cccc(CN)c1. The van der Waals surface area contributed by atoms with Crippen LogP contribution in [-0.4, -0.2) is 17.1 Å². The molecule has 3 heteroatoms. The maximum Gasteiger partial charge on any atom is 0.0681 e.